The Balaban J connectivity index is 1.31. The van der Waals surface area contributed by atoms with E-state index in [1.807, 2.05) is 17.6 Å². The third-order valence-corrected chi connectivity index (χ3v) is 8.84. The van der Waals surface area contributed by atoms with Crippen molar-refractivity contribution < 1.29 is 18.6 Å². The largest absolute Gasteiger partial charge is 0.431 e. The Bertz CT molecular complexity index is 1580. The summed E-state index contributed by atoms with van der Waals surface area (Å²) in [5.74, 6) is 0.719. The molecule has 0 aliphatic rings. The van der Waals surface area contributed by atoms with Gasteiger partial charge in [-0.15, -0.1) is 0 Å². The predicted molar refractivity (Wildman–Crippen MR) is 199 cm³/mol. The molecule has 4 N–H and O–H groups in total. The van der Waals surface area contributed by atoms with Crippen LogP contribution in [-0.4, -0.2) is 51.0 Å². The maximum absolute atomic E-state index is 13.8. The van der Waals surface area contributed by atoms with Gasteiger partial charge in [-0.3, -0.25) is 9.36 Å². The summed E-state index contributed by atoms with van der Waals surface area (Å²) in [4.78, 5) is 24.9. The second-order valence-corrected chi connectivity index (χ2v) is 13.5. The zero-order valence-electron chi connectivity index (χ0n) is 28.8. The number of para-hydroxylation sites is 1. The van der Waals surface area contributed by atoms with Gasteiger partial charge in [0, 0.05) is 19.5 Å². The number of fused-ring (bicyclic) bond motifs is 1. The van der Waals surface area contributed by atoms with E-state index in [-0.39, 0.29) is 24.9 Å². The average molecular weight is 690 g/mol. The van der Waals surface area contributed by atoms with Crippen LogP contribution in [0.3, 0.4) is 0 Å². The maximum atomic E-state index is 13.8. The lowest BCUT2D eigenvalue weighted by Gasteiger charge is -2.23. The molecule has 3 aromatic rings. The molecule has 2 atom stereocenters. The molecule has 0 fully saturated rings. The summed E-state index contributed by atoms with van der Waals surface area (Å²) in [6.45, 7) is 4.98. The first-order chi connectivity index (χ1) is 23.9. The summed E-state index contributed by atoms with van der Waals surface area (Å²) < 4.78 is 27.5. The number of hydrogen-bond acceptors (Lipinski definition) is 8. The standard InChI is InChI=1S/C37H52N7O4P/c1-3-4-5-6-7-8-9-10-11-12-13-14-15-16-17-18-22-25-34(45)39-26-27-43-49(46,48-33-23-20-19-21-24-33)31-47-32(2)28-44-30-42-35-36(38)40-29-41-37(35)44/h4-5,7-8,10-11,13-14,16-17,19-21,23-24,29-30,32H,3,6,9,12,15,18,22,25-28,31H2,1-2H3,(H,39,45)(H,43,46)(H2,38,40,41)/b5-4-,8-7-,11-10-,14-13-,17-16-/t32-,49?/m1/s1. The molecule has 1 aromatic carbocycles. The number of imidazole rings is 1. The Labute approximate surface area is 291 Å². The second-order valence-electron chi connectivity index (χ2n) is 11.4. The number of rotatable bonds is 24. The van der Waals surface area contributed by atoms with Crippen LogP contribution in [0.1, 0.15) is 65.2 Å². The number of amides is 1. The van der Waals surface area contributed by atoms with Gasteiger partial charge in [-0.05, 0) is 64.0 Å². The van der Waals surface area contributed by atoms with Gasteiger partial charge in [-0.2, -0.15) is 0 Å². The Morgan fingerprint density at radius 3 is 2.24 bits per heavy atom. The number of nitrogens with zero attached hydrogens (tertiary/aromatic N) is 4. The minimum absolute atomic E-state index is 0.0464. The molecule has 2 heterocycles. The van der Waals surface area contributed by atoms with Crippen molar-refractivity contribution in [3.8, 4) is 5.75 Å². The lowest BCUT2D eigenvalue weighted by atomic mass is 10.2. The van der Waals surface area contributed by atoms with Crippen LogP contribution in [0.15, 0.2) is 104 Å². The number of unbranched alkanes of at least 4 members (excludes halogenated alkanes) is 1. The number of anilines is 1. The van der Waals surface area contributed by atoms with Gasteiger partial charge < -0.3 is 24.9 Å². The molecule has 2 aromatic heterocycles. The predicted octanol–water partition coefficient (Wildman–Crippen LogP) is 7.67. The van der Waals surface area contributed by atoms with Crippen LogP contribution in [-0.2, 0) is 20.6 Å². The summed E-state index contributed by atoms with van der Waals surface area (Å²) in [5, 5.41) is 5.88. The van der Waals surface area contributed by atoms with E-state index in [9.17, 15) is 9.36 Å². The van der Waals surface area contributed by atoms with Crippen LogP contribution >= 0.6 is 7.52 Å². The third kappa shape index (κ3) is 16.1. The number of hydrogen-bond donors (Lipinski definition) is 3. The number of carbonyl (C=O) groups is 1. The molecule has 49 heavy (non-hydrogen) atoms. The summed E-state index contributed by atoms with van der Waals surface area (Å²) >= 11 is 0. The first-order valence-corrected chi connectivity index (χ1v) is 18.8. The first kappa shape index (κ1) is 39.1. The van der Waals surface area contributed by atoms with E-state index in [0.29, 0.717) is 42.2 Å². The van der Waals surface area contributed by atoms with Gasteiger partial charge in [-0.1, -0.05) is 85.9 Å². The average Bonchev–Trinajstić information content (AvgIpc) is 3.51. The van der Waals surface area contributed by atoms with E-state index < -0.39 is 7.52 Å². The topological polar surface area (TPSA) is 146 Å². The molecule has 0 aliphatic heterocycles. The SMILES string of the molecule is CC/C=C\C/C=C\C/C=C\C/C=C\C/C=C\CCCC(=O)NCCNP(=O)(CO[C@H](C)Cn1cnc2c(N)ncnc21)Oc1ccccc1. The highest BCUT2D eigenvalue weighted by Gasteiger charge is 2.26. The summed E-state index contributed by atoms with van der Waals surface area (Å²) in [6, 6.07) is 8.94. The van der Waals surface area contributed by atoms with Gasteiger partial charge in [0.25, 0.3) is 0 Å². The van der Waals surface area contributed by atoms with E-state index >= 15 is 0 Å². The molecular weight excluding hydrogens is 637 g/mol. The van der Waals surface area contributed by atoms with Crippen LogP contribution in [0, 0.1) is 0 Å². The monoisotopic (exact) mass is 689 g/mol. The lowest BCUT2D eigenvalue weighted by molar-refractivity contribution is -0.121. The van der Waals surface area contributed by atoms with Crippen molar-refractivity contribution in [1.82, 2.24) is 29.9 Å². The van der Waals surface area contributed by atoms with Crippen molar-refractivity contribution in [3.63, 3.8) is 0 Å². The van der Waals surface area contributed by atoms with Crippen LogP contribution in [0.25, 0.3) is 11.2 Å². The van der Waals surface area contributed by atoms with Gasteiger partial charge in [-0.25, -0.2) is 20.0 Å². The van der Waals surface area contributed by atoms with E-state index in [1.165, 1.54) is 6.33 Å². The Kier molecular flexibility index (Phi) is 18.5. The number of ether oxygens (including phenoxy) is 1. The van der Waals surface area contributed by atoms with Crippen LogP contribution in [0.2, 0.25) is 0 Å². The quantitative estimate of drug-likeness (QED) is 0.0490. The normalized spacial score (nSPS) is 14.2. The Morgan fingerprint density at radius 1 is 0.918 bits per heavy atom. The minimum Gasteiger partial charge on any atom is -0.431 e. The molecule has 0 spiro atoms. The fourth-order valence-corrected chi connectivity index (χ4v) is 6.18. The number of nitrogens with one attached hydrogen (secondary N) is 2. The molecule has 3 rings (SSSR count). The number of benzene rings is 1. The Morgan fingerprint density at radius 2 is 1.57 bits per heavy atom. The van der Waals surface area contributed by atoms with Gasteiger partial charge in [0.2, 0.25) is 5.91 Å². The number of allylic oxidation sites excluding steroid dienone is 10. The van der Waals surface area contributed by atoms with Gasteiger partial charge >= 0.3 is 7.52 Å². The number of nitrogen functional groups attached to an aromatic ring is 1. The second kappa shape index (κ2) is 23.1. The third-order valence-electron chi connectivity index (χ3n) is 7.14. The molecule has 11 nitrogen and oxygen atoms in total. The molecule has 0 aliphatic carbocycles. The molecule has 264 valence electrons. The molecule has 0 saturated heterocycles. The molecule has 0 radical (unpaired) electrons. The molecule has 0 saturated carbocycles. The lowest BCUT2D eigenvalue weighted by Crippen LogP contribution is -2.32. The highest BCUT2D eigenvalue weighted by atomic mass is 31.2. The maximum Gasteiger partial charge on any atom is 0.341 e. The smallest absolute Gasteiger partial charge is 0.341 e. The minimum atomic E-state index is -3.47. The summed E-state index contributed by atoms with van der Waals surface area (Å²) in [7, 11) is -3.47. The van der Waals surface area contributed by atoms with Crippen LogP contribution in [0.4, 0.5) is 5.82 Å². The molecule has 0 bridgehead atoms. The highest BCUT2D eigenvalue weighted by Crippen LogP contribution is 2.43. The van der Waals surface area contributed by atoms with E-state index in [0.717, 1.165) is 44.9 Å². The molecule has 1 unspecified atom stereocenters. The van der Waals surface area contributed by atoms with E-state index in [2.05, 4.69) is 93.0 Å². The van der Waals surface area contributed by atoms with Gasteiger partial charge in [0.15, 0.2) is 11.5 Å². The van der Waals surface area contributed by atoms with E-state index in [4.69, 9.17) is 15.0 Å². The molecular formula is C37H52N7O4P. The molecule has 1 amide bonds. The number of nitrogens with two attached hydrogens (primary N) is 1. The first-order valence-electron chi connectivity index (χ1n) is 17.0. The fraction of sp³-hybridized carbons (Fsp3) is 0.405. The van der Waals surface area contributed by atoms with Crippen molar-refractivity contribution in [1.29, 1.82) is 0 Å². The van der Waals surface area contributed by atoms with Crippen molar-refractivity contribution in [2.24, 2.45) is 0 Å². The van der Waals surface area contributed by atoms with Crippen molar-refractivity contribution >= 4 is 30.4 Å². The molecule has 12 heteroatoms. The summed E-state index contributed by atoms with van der Waals surface area (Å²) in [6.07, 6.45) is 31.1. The van der Waals surface area contributed by atoms with Crippen LogP contribution < -0.4 is 20.7 Å². The Hall–Kier alpha value is -4.31. The van der Waals surface area contributed by atoms with Gasteiger partial charge in [0.05, 0.1) is 19.0 Å². The van der Waals surface area contributed by atoms with Crippen LogP contribution in [0.5, 0.6) is 5.75 Å². The number of aromatic nitrogens is 4. The fourth-order valence-electron chi connectivity index (χ4n) is 4.61. The number of carbonyl (C=O) groups excluding carboxylic acids is 1. The van der Waals surface area contributed by atoms with Crippen molar-refractivity contribution in [2.75, 3.05) is 25.2 Å². The van der Waals surface area contributed by atoms with Crippen molar-refractivity contribution in [2.45, 2.75) is 77.9 Å². The highest BCUT2D eigenvalue weighted by molar-refractivity contribution is 7.57. The summed E-state index contributed by atoms with van der Waals surface area (Å²) in [5.41, 5.74) is 7.01. The zero-order chi connectivity index (χ0) is 35.0. The van der Waals surface area contributed by atoms with E-state index in [1.54, 1.807) is 30.6 Å². The zero-order valence-corrected chi connectivity index (χ0v) is 29.7. The van der Waals surface area contributed by atoms with Gasteiger partial charge in [0.1, 0.15) is 23.9 Å². The van der Waals surface area contributed by atoms with Crippen molar-refractivity contribution in [3.05, 3.63) is 104 Å².